The van der Waals surface area contributed by atoms with E-state index in [9.17, 15) is 4.79 Å². The van der Waals surface area contributed by atoms with Crippen LogP contribution in [-0.2, 0) is 0 Å². The fourth-order valence-corrected chi connectivity index (χ4v) is 2.96. The molecule has 1 aromatic rings. The largest absolute Gasteiger partial charge is 0.336 e. The van der Waals surface area contributed by atoms with Gasteiger partial charge in [-0.3, -0.25) is 4.79 Å². The van der Waals surface area contributed by atoms with Crippen molar-refractivity contribution in [2.75, 3.05) is 6.54 Å². The highest BCUT2D eigenvalue weighted by molar-refractivity contribution is 5.94. The highest BCUT2D eigenvalue weighted by Gasteiger charge is 2.27. The Hall–Kier alpha value is -1.86. The number of amides is 1. The highest BCUT2D eigenvalue weighted by Crippen LogP contribution is 2.24. The minimum absolute atomic E-state index is 0.0711. The molecule has 0 atom stereocenters. The lowest BCUT2D eigenvalue weighted by Crippen LogP contribution is -2.44. The van der Waals surface area contributed by atoms with Gasteiger partial charge in [-0.05, 0) is 56.4 Å². The average molecular weight is 285 g/mol. The quantitative estimate of drug-likeness (QED) is 0.924. The summed E-state index contributed by atoms with van der Waals surface area (Å²) in [6, 6.07) is 9.56. The van der Waals surface area contributed by atoms with Crippen molar-refractivity contribution in [1.82, 2.24) is 4.90 Å². The van der Waals surface area contributed by atoms with Crippen LogP contribution in [0.5, 0.6) is 0 Å². The van der Waals surface area contributed by atoms with E-state index in [1.54, 1.807) is 24.3 Å². The predicted molar refractivity (Wildman–Crippen MR) is 82.7 cm³/mol. The molecule has 4 heteroatoms. The number of nitrogens with two attached hydrogens (primary N) is 1. The molecule has 21 heavy (non-hydrogen) atoms. The van der Waals surface area contributed by atoms with E-state index in [4.69, 9.17) is 11.0 Å². The molecule has 1 saturated carbocycles. The van der Waals surface area contributed by atoms with Gasteiger partial charge in [-0.25, -0.2) is 0 Å². The number of carbonyl (C=O) groups excluding carboxylic acids is 1. The number of nitrogens with zero attached hydrogens (tertiary/aromatic N) is 2. The van der Waals surface area contributed by atoms with E-state index in [2.05, 4.69) is 13.0 Å². The maximum absolute atomic E-state index is 12.7. The van der Waals surface area contributed by atoms with Crippen molar-refractivity contribution >= 4 is 5.91 Å². The Morgan fingerprint density at radius 3 is 2.43 bits per heavy atom. The zero-order valence-electron chi connectivity index (χ0n) is 12.6. The van der Waals surface area contributed by atoms with Crippen LogP contribution in [-0.4, -0.2) is 29.4 Å². The number of carbonyl (C=O) groups is 1. The van der Waals surface area contributed by atoms with Gasteiger partial charge in [0.15, 0.2) is 0 Å². The molecule has 2 rings (SSSR count). The summed E-state index contributed by atoms with van der Waals surface area (Å²) in [6.07, 6.45) is 4.91. The molecule has 0 bridgehead atoms. The zero-order chi connectivity index (χ0) is 15.2. The standard InChI is InChI=1S/C17H23N3O/c1-2-11-20(16-9-7-15(19)8-10-16)17(21)14-5-3-13(12-18)4-6-14/h3-6,15-16H,2,7-11,19H2,1H3. The second-order valence-electron chi connectivity index (χ2n) is 5.76. The molecular formula is C17H23N3O. The van der Waals surface area contributed by atoms with Gasteiger partial charge in [0.1, 0.15) is 0 Å². The molecular weight excluding hydrogens is 262 g/mol. The molecule has 2 N–H and O–H groups in total. The summed E-state index contributed by atoms with van der Waals surface area (Å²) >= 11 is 0. The predicted octanol–water partition coefficient (Wildman–Crippen LogP) is 2.68. The molecule has 0 saturated heterocycles. The van der Waals surface area contributed by atoms with Crippen LogP contribution in [0.3, 0.4) is 0 Å². The van der Waals surface area contributed by atoms with Crippen LogP contribution in [0.15, 0.2) is 24.3 Å². The number of nitriles is 1. The Bertz CT molecular complexity index is 510. The van der Waals surface area contributed by atoms with E-state index in [0.29, 0.717) is 17.2 Å². The first-order chi connectivity index (χ1) is 10.2. The minimum Gasteiger partial charge on any atom is -0.336 e. The Labute approximate surface area is 126 Å². The molecule has 112 valence electrons. The lowest BCUT2D eigenvalue weighted by molar-refractivity contribution is 0.0626. The van der Waals surface area contributed by atoms with Crippen molar-refractivity contribution in [3.63, 3.8) is 0 Å². The minimum atomic E-state index is 0.0711. The lowest BCUT2D eigenvalue weighted by atomic mass is 9.90. The molecule has 1 aliphatic carbocycles. The summed E-state index contributed by atoms with van der Waals surface area (Å²) in [6.45, 7) is 2.87. The van der Waals surface area contributed by atoms with Crippen LogP contribution in [0.4, 0.5) is 0 Å². The third kappa shape index (κ3) is 3.83. The van der Waals surface area contributed by atoms with Gasteiger partial charge in [-0.1, -0.05) is 6.92 Å². The van der Waals surface area contributed by atoms with Crippen molar-refractivity contribution in [2.45, 2.75) is 51.1 Å². The molecule has 0 radical (unpaired) electrons. The maximum Gasteiger partial charge on any atom is 0.254 e. The molecule has 4 nitrogen and oxygen atoms in total. The van der Waals surface area contributed by atoms with E-state index in [-0.39, 0.29) is 11.9 Å². The molecule has 0 unspecified atom stereocenters. The summed E-state index contributed by atoms with van der Waals surface area (Å²) in [5.74, 6) is 0.0711. The van der Waals surface area contributed by atoms with Crippen molar-refractivity contribution in [2.24, 2.45) is 5.73 Å². The normalized spacial score (nSPS) is 21.6. The number of benzene rings is 1. The van der Waals surface area contributed by atoms with Crippen molar-refractivity contribution < 1.29 is 4.79 Å². The fourth-order valence-electron chi connectivity index (χ4n) is 2.96. The van der Waals surface area contributed by atoms with Crippen LogP contribution in [0.1, 0.15) is 54.9 Å². The molecule has 0 aromatic heterocycles. The van der Waals surface area contributed by atoms with Crippen LogP contribution in [0.25, 0.3) is 0 Å². The topological polar surface area (TPSA) is 70.1 Å². The molecule has 0 aliphatic heterocycles. The SMILES string of the molecule is CCCN(C(=O)c1ccc(C#N)cc1)C1CCC(N)CC1. The third-order valence-corrected chi connectivity index (χ3v) is 4.17. The molecule has 1 aromatic carbocycles. The van der Waals surface area contributed by atoms with Gasteiger partial charge in [0, 0.05) is 24.2 Å². The zero-order valence-corrected chi connectivity index (χ0v) is 12.6. The van der Waals surface area contributed by atoms with E-state index in [1.807, 2.05) is 4.90 Å². The van der Waals surface area contributed by atoms with Crippen LogP contribution >= 0.6 is 0 Å². The van der Waals surface area contributed by atoms with Gasteiger partial charge in [-0.15, -0.1) is 0 Å². The van der Waals surface area contributed by atoms with Gasteiger partial charge in [-0.2, -0.15) is 5.26 Å². The second-order valence-corrected chi connectivity index (χ2v) is 5.76. The van der Waals surface area contributed by atoms with Gasteiger partial charge < -0.3 is 10.6 Å². The number of rotatable bonds is 4. The van der Waals surface area contributed by atoms with E-state index >= 15 is 0 Å². The monoisotopic (exact) mass is 285 g/mol. The van der Waals surface area contributed by atoms with E-state index < -0.39 is 0 Å². The second kappa shape index (κ2) is 7.24. The van der Waals surface area contributed by atoms with Crippen LogP contribution < -0.4 is 5.73 Å². The fraction of sp³-hybridized carbons (Fsp3) is 0.529. The maximum atomic E-state index is 12.7. The number of hydrogen-bond donors (Lipinski definition) is 1. The first kappa shape index (κ1) is 15.5. The van der Waals surface area contributed by atoms with Gasteiger partial charge >= 0.3 is 0 Å². The highest BCUT2D eigenvalue weighted by atomic mass is 16.2. The summed E-state index contributed by atoms with van der Waals surface area (Å²) in [5.41, 5.74) is 7.20. The summed E-state index contributed by atoms with van der Waals surface area (Å²) < 4.78 is 0. The number of hydrogen-bond acceptors (Lipinski definition) is 3. The Kier molecular flexibility index (Phi) is 5.35. The Morgan fingerprint density at radius 2 is 1.90 bits per heavy atom. The molecule has 1 aliphatic rings. The van der Waals surface area contributed by atoms with E-state index in [1.165, 1.54) is 0 Å². The van der Waals surface area contributed by atoms with Crippen molar-refractivity contribution in [1.29, 1.82) is 5.26 Å². The first-order valence-corrected chi connectivity index (χ1v) is 7.72. The van der Waals surface area contributed by atoms with Gasteiger partial charge in [0.05, 0.1) is 11.6 Å². The molecule has 0 spiro atoms. The van der Waals surface area contributed by atoms with Gasteiger partial charge in [0.25, 0.3) is 5.91 Å². The van der Waals surface area contributed by atoms with Crippen molar-refractivity contribution in [3.8, 4) is 6.07 Å². The summed E-state index contributed by atoms with van der Waals surface area (Å²) in [4.78, 5) is 14.7. The Morgan fingerprint density at radius 1 is 1.29 bits per heavy atom. The Balaban J connectivity index is 2.12. The smallest absolute Gasteiger partial charge is 0.254 e. The first-order valence-electron chi connectivity index (χ1n) is 7.72. The van der Waals surface area contributed by atoms with Crippen LogP contribution in [0.2, 0.25) is 0 Å². The van der Waals surface area contributed by atoms with Crippen LogP contribution in [0, 0.1) is 11.3 Å². The van der Waals surface area contributed by atoms with Gasteiger partial charge in [0.2, 0.25) is 0 Å². The van der Waals surface area contributed by atoms with E-state index in [0.717, 1.165) is 38.6 Å². The third-order valence-electron chi connectivity index (χ3n) is 4.17. The summed E-state index contributed by atoms with van der Waals surface area (Å²) in [5, 5.41) is 8.83. The molecule has 0 heterocycles. The average Bonchev–Trinajstić information content (AvgIpc) is 2.53. The lowest BCUT2D eigenvalue weighted by Gasteiger charge is -2.36. The van der Waals surface area contributed by atoms with Crippen molar-refractivity contribution in [3.05, 3.63) is 35.4 Å². The molecule has 1 amide bonds. The molecule has 1 fully saturated rings. The summed E-state index contributed by atoms with van der Waals surface area (Å²) in [7, 11) is 0.